The van der Waals surface area contributed by atoms with Gasteiger partial charge in [-0.1, -0.05) is 42.2 Å². The molecule has 12 heteroatoms. The second-order valence-electron chi connectivity index (χ2n) is 6.50. The number of ether oxygens (including phenoxy) is 1. The number of oxime groups is 1. The van der Waals surface area contributed by atoms with Crippen LogP contribution >= 0.6 is 23.2 Å². The first-order valence-electron chi connectivity index (χ1n) is 8.57. The molecule has 0 aliphatic rings. The average Bonchev–Trinajstić information content (AvgIpc) is 2.67. The third-order valence-corrected chi connectivity index (χ3v) is 4.54. The maximum atomic E-state index is 13.0. The van der Waals surface area contributed by atoms with Gasteiger partial charge in [0.15, 0.2) is 12.4 Å². The highest BCUT2D eigenvalue weighted by molar-refractivity contribution is 6.41. The topological polar surface area (TPSA) is 149 Å². The van der Waals surface area contributed by atoms with Crippen LogP contribution in [0, 0.1) is 0 Å². The number of nitrogens with one attached hydrogen (secondary N) is 1. The van der Waals surface area contributed by atoms with E-state index in [-0.39, 0.29) is 44.3 Å². The van der Waals surface area contributed by atoms with Crippen molar-refractivity contribution in [2.45, 2.75) is 19.8 Å². The predicted molar refractivity (Wildman–Crippen MR) is 112 cm³/mol. The molecule has 1 amide bonds. The number of carbonyl (C=O) groups is 2. The number of rotatable bonds is 6. The summed E-state index contributed by atoms with van der Waals surface area (Å²) in [7, 11) is 1.45. The van der Waals surface area contributed by atoms with E-state index in [4.69, 9.17) is 38.9 Å². The molecule has 160 valence electrons. The van der Waals surface area contributed by atoms with E-state index < -0.39 is 18.5 Å². The fourth-order valence-electron chi connectivity index (χ4n) is 2.47. The summed E-state index contributed by atoms with van der Waals surface area (Å²) in [6.45, 7) is 3.21. The fraction of sp³-hybridized carbons (Fsp3) is 0.278. The van der Waals surface area contributed by atoms with Crippen LogP contribution in [0.15, 0.2) is 28.1 Å². The standard InChI is InChI=1S/C18H19Cl2N5O5/c1-8(2)10-6-13(23-25(3)17(10)27)16(26)15-11(19)4-9(5-12(15)20)22-18(28)30-7-14(21)24-29/h4-6,8,29H,7H2,1-3H3,(H2,21,24)(H,22,28). The summed E-state index contributed by atoms with van der Waals surface area (Å²) >= 11 is 12.4. The van der Waals surface area contributed by atoms with Crippen molar-refractivity contribution in [3.8, 4) is 0 Å². The SMILES string of the molecule is CC(C)c1cc(C(=O)c2c(Cl)cc(NC(=O)OCC(N)=NO)cc2Cl)nn(C)c1=O. The summed E-state index contributed by atoms with van der Waals surface area (Å²) in [6, 6.07) is 4.02. The van der Waals surface area contributed by atoms with Gasteiger partial charge in [-0.15, -0.1) is 0 Å². The van der Waals surface area contributed by atoms with Gasteiger partial charge in [0.2, 0.25) is 5.78 Å². The lowest BCUT2D eigenvalue weighted by atomic mass is 10.0. The number of hydrogen-bond donors (Lipinski definition) is 3. The molecule has 1 aromatic carbocycles. The summed E-state index contributed by atoms with van der Waals surface area (Å²) in [6.07, 6.45) is -0.908. The third kappa shape index (κ3) is 5.28. The number of nitrogens with zero attached hydrogens (tertiary/aromatic N) is 3. The second-order valence-corrected chi connectivity index (χ2v) is 7.32. The Labute approximate surface area is 181 Å². The zero-order valence-corrected chi connectivity index (χ0v) is 17.8. The summed E-state index contributed by atoms with van der Waals surface area (Å²) in [5, 5.41) is 17.4. The molecule has 30 heavy (non-hydrogen) atoms. The number of aromatic nitrogens is 2. The van der Waals surface area contributed by atoms with Crippen molar-refractivity contribution in [1.82, 2.24) is 9.78 Å². The molecule has 0 fully saturated rings. The first-order valence-corrected chi connectivity index (χ1v) is 9.32. The van der Waals surface area contributed by atoms with E-state index in [0.29, 0.717) is 5.56 Å². The van der Waals surface area contributed by atoms with Crippen molar-refractivity contribution >= 4 is 46.6 Å². The number of halogens is 2. The maximum Gasteiger partial charge on any atom is 0.412 e. The van der Waals surface area contributed by atoms with Gasteiger partial charge in [-0.25, -0.2) is 9.48 Å². The Hall–Kier alpha value is -3.11. The predicted octanol–water partition coefficient (Wildman–Crippen LogP) is 2.74. The molecule has 0 bridgehead atoms. The summed E-state index contributed by atoms with van der Waals surface area (Å²) < 4.78 is 5.81. The van der Waals surface area contributed by atoms with E-state index in [1.165, 1.54) is 25.2 Å². The lowest BCUT2D eigenvalue weighted by Gasteiger charge is -2.12. The molecule has 4 N–H and O–H groups in total. The molecule has 2 rings (SSSR count). The second kappa shape index (κ2) is 9.59. The molecular formula is C18H19Cl2N5O5. The van der Waals surface area contributed by atoms with Crippen molar-refractivity contribution in [2.75, 3.05) is 11.9 Å². The highest BCUT2D eigenvalue weighted by Crippen LogP contribution is 2.31. The van der Waals surface area contributed by atoms with E-state index in [1.54, 1.807) is 0 Å². The zero-order chi connectivity index (χ0) is 22.6. The van der Waals surface area contributed by atoms with Gasteiger partial charge in [-0.3, -0.25) is 14.9 Å². The van der Waals surface area contributed by atoms with E-state index in [9.17, 15) is 14.4 Å². The fourth-order valence-corrected chi connectivity index (χ4v) is 3.13. The maximum absolute atomic E-state index is 13.0. The Morgan fingerprint density at radius 2 is 1.90 bits per heavy atom. The molecule has 0 spiro atoms. The van der Waals surface area contributed by atoms with Crippen molar-refractivity contribution in [3.63, 3.8) is 0 Å². The van der Waals surface area contributed by atoms with Gasteiger partial charge in [0.25, 0.3) is 5.56 Å². The number of hydrogen-bond acceptors (Lipinski definition) is 7. The van der Waals surface area contributed by atoms with Crippen LogP contribution in [0.5, 0.6) is 0 Å². The first-order chi connectivity index (χ1) is 14.0. The van der Waals surface area contributed by atoms with Gasteiger partial charge in [-0.2, -0.15) is 5.10 Å². The van der Waals surface area contributed by atoms with Gasteiger partial charge in [0.05, 0.1) is 15.6 Å². The average molecular weight is 456 g/mol. The normalized spacial score (nSPS) is 11.5. The lowest BCUT2D eigenvalue weighted by molar-refractivity contribution is 0.103. The van der Waals surface area contributed by atoms with Crippen molar-refractivity contribution in [3.05, 3.63) is 55.4 Å². The number of ketones is 1. The Morgan fingerprint density at radius 1 is 1.30 bits per heavy atom. The largest absolute Gasteiger partial charge is 0.441 e. The molecule has 0 aliphatic heterocycles. The Balaban J connectivity index is 2.33. The Morgan fingerprint density at radius 3 is 2.43 bits per heavy atom. The quantitative estimate of drug-likeness (QED) is 0.199. The van der Waals surface area contributed by atoms with Gasteiger partial charge >= 0.3 is 6.09 Å². The van der Waals surface area contributed by atoms with Gasteiger partial charge < -0.3 is 15.7 Å². The number of amides is 1. The van der Waals surface area contributed by atoms with Crippen LogP contribution in [0.25, 0.3) is 0 Å². The molecule has 0 saturated heterocycles. The van der Waals surface area contributed by atoms with Crippen molar-refractivity contribution in [2.24, 2.45) is 17.9 Å². The number of anilines is 1. The third-order valence-electron chi connectivity index (χ3n) is 3.94. The zero-order valence-electron chi connectivity index (χ0n) is 16.3. The van der Waals surface area contributed by atoms with Crippen LogP contribution in [0.3, 0.4) is 0 Å². The molecule has 0 unspecified atom stereocenters. The minimum Gasteiger partial charge on any atom is -0.441 e. The molecule has 10 nitrogen and oxygen atoms in total. The molecule has 1 aromatic heterocycles. The van der Waals surface area contributed by atoms with Crippen LogP contribution in [0.2, 0.25) is 10.0 Å². The van der Waals surface area contributed by atoms with Crippen LogP contribution in [-0.2, 0) is 11.8 Å². The smallest absolute Gasteiger partial charge is 0.412 e. The Kier molecular flexibility index (Phi) is 7.41. The van der Waals surface area contributed by atoms with Gasteiger partial charge in [-0.05, 0) is 24.1 Å². The minimum atomic E-state index is -0.908. The highest BCUT2D eigenvalue weighted by Gasteiger charge is 2.22. The van der Waals surface area contributed by atoms with E-state index in [0.717, 1.165) is 4.68 Å². The van der Waals surface area contributed by atoms with E-state index in [2.05, 4.69) is 15.6 Å². The number of benzene rings is 1. The minimum absolute atomic E-state index is 0.00323. The Bertz CT molecular complexity index is 1060. The molecule has 0 atom stereocenters. The molecular weight excluding hydrogens is 437 g/mol. The monoisotopic (exact) mass is 455 g/mol. The lowest BCUT2D eigenvalue weighted by Crippen LogP contribution is -2.27. The molecule has 0 aliphatic carbocycles. The van der Waals surface area contributed by atoms with E-state index >= 15 is 0 Å². The molecule has 0 radical (unpaired) electrons. The van der Waals surface area contributed by atoms with Gasteiger partial charge in [0.1, 0.15) is 5.69 Å². The van der Waals surface area contributed by atoms with Crippen LogP contribution in [0.4, 0.5) is 10.5 Å². The van der Waals surface area contributed by atoms with Crippen molar-refractivity contribution in [1.29, 1.82) is 0 Å². The highest BCUT2D eigenvalue weighted by atomic mass is 35.5. The van der Waals surface area contributed by atoms with E-state index in [1.807, 2.05) is 13.8 Å². The van der Waals surface area contributed by atoms with Crippen LogP contribution in [0.1, 0.15) is 41.4 Å². The summed E-state index contributed by atoms with van der Waals surface area (Å²) in [5.74, 6) is -0.997. The number of carbonyl (C=O) groups excluding carboxylic acids is 2. The van der Waals surface area contributed by atoms with Crippen LogP contribution in [-0.4, -0.2) is 39.3 Å². The summed E-state index contributed by atoms with van der Waals surface area (Å²) in [5.41, 5.74) is 5.46. The number of nitrogens with two attached hydrogens (primary N) is 1. The number of amidine groups is 1. The van der Waals surface area contributed by atoms with Crippen molar-refractivity contribution < 1.29 is 19.5 Å². The number of aryl methyl sites for hydroxylation is 1. The molecule has 2 aromatic rings. The van der Waals surface area contributed by atoms with Crippen LogP contribution < -0.4 is 16.6 Å². The molecule has 0 saturated carbocycles. The first kappa shape index (κ1) is 23.2. The van der Waals surface area contributed by atoms with Gasteiger partial charge in [0, 0.05) is 18.3 Å². The molecule has 1 heterocycles. The summed E-state index contributed by atoms with van der Waals surface area (Å²) in [4.78, 5) is 36.9.